The number of nitro groups is 1. The number of pyridine rings is 1. The molecule has 0 fully saturated rings. The Balaban J connectivity index is 2.87. The predicted octanol–water partition coefficient (Wildman–Crippen LogP) is 3.14. The van der Waals surface area contributed by atoms with Gasteiger partial charge in [-0.1, -0.05) is 20.8 Å². The lowest BCUT2D eigenvalue weighted by Crippen LogP contribution is -2.25. The molecule has 5 nitrogen and oxygen atoms in total. The number of nitrogens with zero attached hydrogens (tertiary/aromatic N) is 2. The van der Waals surface area contributed by atoms with Gasteiger partial charge in [-0.05, 0) is 25.3 Å². The third-order valence-corrected chi connectivity index (χ3v) is 2.86. The molecule has 5 heteroatoms. The van der Waals surface area contributed by atoms with Gasteiger partial charge < -0.3 is 5.32 Å². The molecule has 1 aromatic rings. The van der Waals surface area contributed by atoms with Crippen LogP contribution in [0.25, 0.3) is 0 Å². The van der Waals surface area contributed by atoms with Crippen LogP contribution in [-0.4, -0.2) is 15.9 Å². The van der Waals surface area contributed by atoms with E-state index in [9.17, 15) is 10.1 Å². The minimum Gasteiger partial charge on any atom is -0.367 e. The Kier molecular flexibility index (Phi) is 4.43. The number of aryl methyl sites for hydroxylation is 1. The first-order valence-corrected chi connectivity index (χ1v) is 5.83. The first-order chi connectivity index (χ1) is 7.95. The van der Waals surface area contributed by atoms with Crippen LogP contribution in [0.1, 0.15) is 32.8 Å². The summed E-state index contributed by atoms with van der Waals surface area (Å²) in [5.74, 6) is 1.20. The van der Waals surface area contributed by atoms with Crippen LogP contribution in [0.5, 0.6) is 0 Å². The van der Waals surface area contributed by atoms with Crippen LogP contribution in [0.4, 0.5) is 11.5 Å². The monoisotopic (exact) mass is 237 g/mol. The van der Waals surface area contributed by atoms with Crippen LogP contribution < -0.4 is 5.32 Å². The molecule has 0 aliphatic rings. The average Bonchev–Trinajstić information content (AvgIpc) is 2.24. The summed E-state index contributed by atoms with van der Waals surface area (Å²) in [5, 5.41) is 14.0. The van der Waals surface area contributed by atoms with Gasteiger partial charge in [0.1, 0.15) is 12.0 Å². The van der Waals surface area contributed by atoms with Gasteiger partial charge in [-0.3, -0.25) is 10.1 Å². The second-order valence-corrected chi connectivity index (χ2v) is 4.52. The summed E-state index contributed by atoms with van der Waals surface area (Å²) in [6.07, 6.45) is 2.31. The molecule has 0 aliphatic heterocycles. The molecule has 0 radical (unpaired) electrons. The Bertz CT molecular complexity index is 405. The van der Waals surface area contributed by atoms with Gasteiger partial charge in [0.2, 0.25) is 0 Å². The van der Waals surface area contributed by atoms with E-state index in [0.29, 0.717) is 23.3 Å². The van der Waals surface area contributed by atoms with Crippen molar-refractivity contribution in [1.82, 2.24) is 4.98 Å². The van der Waals surface area contributed by atoms with E-state index < -0.39 is 4.92 Å². The molecule has 1 N–H and O–H groups in total. The summed E-state index contributed by atoms with van der Waals surface area (Å²) in [5.41, 5.74) is 0.694. The van der Waals surface area contributed by atoms with Crippen molar-refractivity contribution in [2.24, 2.45) is 5.92 Å². The number of hydrogen-bond donors (Lipinski definition) is 1. The Morgan fingerprint density at radius 3 is 2.59 bits per heavy atom. The fourth-order valence-corrected chi connectivity index (χ4v) is 1.75. The van der Waals surface area contributed by atoms with E-state index in [-0.39, 0.29) is 5.69 Å². The van der Waals surface area contributed by atoms with Crippen LogP contribution in [0.3, 0.4) is 0 Å². The second-order valence-electron chi connectivity index (χ2n) is 4.52. The van der Waals surface area contributed by atoms with E-state index in [1.54, 1.807) is 13.0 Å². The number of rotatable bonds is 5. The summed E-state index contributed by atoms with van der Waals surface area (Å²) >= 11 is 0. The van der Waals surface area contributed by atoms with Gasteiger partial charge in [0, 0.05) is 11.6 Å². The van der Waals surface area contributed by atoms with Gasteiger partial charge in [0.05, 0.1) is 4.92 Å². The molecular weight excluding hydrogens is 218 g/mol. The van der Waals surface area contributed by atoms with E-state index in [4.69, 9.17) is 0 Å². The molecule has 1 rings (SSSR count). The highest BCUT2D eigenvalue weighted by atomic mass is 16.6. The topological polar surface area (TPSA) is 68.1 Å². The maximum atomic E-state index is 10.7. The van der Waals surface area contributed by atoms with Crippen molar-refractivity contribution in [3.05, 3.63) is 27.9 Å². The molecule has 1 unspecified atom stereocenters. The molecule has 0 amide bonds. The number of aromatic nitrogens is 1. The Morgan fingerprint density at radius 1 is 1.53 bits per heavy atom. The van der Waals surface area contributed by atoms with E-state index >= 15 is 0 Å². The molecule has 1 heterocycles. The molecule has 0 aromatic carbocycles. The van der Waals surface area contributed by atoms with Gasteiger partial charge in [-0.15, -0.1) is 0 Å². The van der Waals surface area contributed by atoms with E-state index in [2.05, 4.69) is 31.1 Å². The van der Waals surface area contributed by atoms with E-state index in [1.165, 1.54) is 6.20 Å². The molecule has 1 aromatic heterocycles. The largest absolute Gasteiger partial charge is 0.367 e. The first kappa shape index (κ1) is 13.4. The van der Waals surface area contributed by atoms with Crippen molar-refractivity contribution in [2.45, 2.75) is 40.2 Å². The predicted molar refractivity (Wildman–Crippen MR) is 68.2 cm³/mol. The highest BCUT2D eigenvalue weighted by Crippen LogP contribution is 2.20. The van der Waals surface area contributed by atoms with Crippen LogP contribution in [0.15, 0.2) is 12.3 Å². The van der Waals surface area contributed by atoms with Gasteiger partial charge in [-0.2, -0.15) is 0 Å². The summed E-state index contributed by atoms with van der Waals surface area (Å²) in [4.78, 5) is 14.3. The summed E-state index contributed by atoms with van der Waals surface area (Å²) in [6.45, 7) is 8.11. The summed E-state index contributed by atoms with van der Waals surface area (Å²) < 4.78 is 0. The molecule has 0 saturated heterocycles. The lowest BCUT2D eigenvalue weighted by atomic mass is 10.0. The van der Waals surface area contributed by atoms with Crippen molar-refractivity contribution < 1.29 is 4.92 Å². The Labute approximate surface area is 101 Å². The van der Waals surface area contributed by atoms with Crippen molar-refractivity contribution in [2.75, 3.05) is 5.32 Å². The van der Waals surface area contributed by atoms with E-state index in [1.807, 2.05) is 0 Å². The molecular formula is C12H19N3O2. The Hall–Kier alpha value is -1.65. The quantitative estimate of drug-likeness (QED) is 0.631. The summed E-state index contributed by atoms with van der Waals surface area (Å²) in [7, 11) is 0. The molecule has 0 saturated carbocycles. The summed E-state index contributed by atoms with van der Waals surface area (Å²) in [6, 6.07) is 2.06. The van der Waals surface area contributed by atoms with Gasteiger partial charge in [0.15, 0.2) is 0 Å². The molecule has 17 heavy (non-hydrogen) atoms. The van der Waals surface area contributed by atoms with Gasteiger partial charge in [-0.25, -0.2) is 4.98 Å². The first-order valence-electron chi connectivity index (χ1n) is 5.83. The second kappa shape index (κ2) is 5.61. The van der Waals surface area contributed by atoms with Crippen molar-refractivity contribution in [3.8, 4) is 0 Å². The van der Waals surface area contributed by atoms with Crippen LogP contribution >= 0.6 is 0 Å². The smallest absolute Gasteiger partial charge is 0.290 e. The van der Waals surface area contributed by atoms with Crippen LogP contribution in [0, 0.1) is 23.0 Å². The third kappa shape index (κ3) is 3.41. The highest BCUT2D eigenvalue weighted by molar-refractivity contribution is 5.47. The third-order valence-electron chi connectivity index (χ3n) is 2.86. The van der Waals surface area contributed by atoms with Crippen molar-refractivity contribution in [1.29, 1.82) is 0 Å². The van der Waals surface area contributed by atoms with Crippen LogP contribution in [-0.2, 0) is 0 Å². The standard InChI is InChI=1S/C12H19N3O2/c1-5-10(8(2)3)14-12-6-9(4)11(7-13-12)15(16)17/h6-8,10H,5H2,1-4H3,(H,13,14). The SMILES string of the molecule is CCC(Nc1cc(C)c([N+](=O)[O-])cn1)C(C)C. The normalized spacial score (nSPS) is 12.5. The van der Waals surface area contributed by atoms with Crippen LogP contribution in [0.2, 0.25) is 0 Å². The number of anilines is 1. The molecule has 0 bridgehead atoms. The minimum atomic E-state index is -0.411. The van der Waals surface area contributed by atoms with Crippen molar-refractivity contribution >= 4 is 11.5 Å². The van der Waals surface area contributed by atoms with Gasteiger partial charge >= 0.3 is 0 Å². The number of hydrogen-bond acceptors (Lipinski definition) is 4. The minimum absolute atomic E-state index is 0.0631. The lowest BCUT2D eigenvalue weighted by molar-refractivity contribution is -0.385. The average molecular weight is 237 g/mol. The molecule has 0 spiro atoms. The zero-order valence-corrected chi connectivity index (χ0v) is 10.7. The fourth-order valence-electron chi connectivity index (χ4n) is 1.75. The highest BCUT2D eigenvalue weighted by Gasteiger charge is 2.14. The maximum Gasteiger partial charge on any atom is 0.290 e. The molecule has 0 aliphatic carbocycles. The van der Waals surface area contributed by atoms with Crippen molar-refractivity contribution in [3.63, 3.8) is 0 Å². The number of nitrogens with one attached hydrogen (secondary N) is 1. The lowest BCUT2D eigenvalue weighted by Gasteiger charge is -2.21. The van der Waals surface area contributed by atoms with E-state index in [0.717, 1.165) is 6.42 Å². The maximum absolute atomic E-state index is 10.7. The molecule has 94 valence electrons. The van der Waals surface area contributed by atoms with Gasteiger partial charge in [0.25, 0.3) is 5.69 Å². The Morgan fingerprint density at radius 2 is 2.18 bits per heavy atom. The molecule has 1 atom stereocenters. The zero-order valence-electron chi connectivity index (χ0n) is 10.7. The zero-order chi connectivity index (χ0) is 13.0. The fraction of sp³-hybridized carbons (Fsp3) is 0.583.